The van der Waals surface area contributed by atoms with Gasteiger partial charge < -0.3 is 0 Å². The fraction of sp³-hybridized carbons (Fsp3) is 0.0667. The molecule has 20 heavy (non-hydrogen) atoms. The Morgan fingerprint density at radius 3 is 2.85 bits per heavy atom. The van der Waals surface area contributed by atoms with E-state index in [4.69, 9.17) is 11.6 Å². The van der Waals surface area contributed by atoms with Gasteiger partial charge in [0.15, 0.2) is 0 Å². The third-order valence-corrected chi connectivity index (χ3v) is 3.42. The molecule has 2 aromatic carbocycles. The number of aldehydes is 1. The predicted octanol–water partition coefficient (Wildman–Crippen LogP) is 3.69. The quantitative estimate of drug-likeness (QED) is 0.689. The number of carbonyl (C=O) groups is 1. The molecule has 0 fully saturated rings. The largest absolute Gasteiger partial charge is 0.298 e. The predicted molar refractivity (Wildman–Crippen MR) is 75.6 cm³/mol. The minimum atomic E-state index is -0.441. The zero-order valence-electron chi connectivity index (χ0n) is 10.4. The van der Waals surface area contributed by atoms with Crippen LogP contribution in [0.4, 0.5) is 4.39 Å². The van der Waals surface area contributed by atoms with Crippen LogP contribution >= 0.6 is 11.6 Å². The second-order valence-corrected chi connectivity index (χ2v) is 4.89. The van der Waals surface area contributed by atoms with Gasteiger partial charge in [0.05, 0.1) is 23.3 Å². The summed E-state index contributed by atoms with van der Waals surface area (Å²) in [6, 6.07) is 10.0. The van der Waals surface area contributed by atoms with E-state index in [-0.39, 0.29) is 5.02 Å². The van der Waals surface area contributed by atoms with Gasteiger partial charge >= 0.3 is 0 Å². The summed E-state index contributed by atoms with van der Waals surface area (Å²) in [5.74, 6) is -0.441. The van der Waals surface area contributed by atoms with Crippen LogP contribution in [0.5, 0.6) is 0 Å². The van der Waals surface area contributed by atoms with Crippen LogP contribution in [0.25, 0.3) is 10.9 Å². The number of hydrogen-bond acceptors (Lipinski definition) is 2. The third-order valence-electron chi connectivity index (χ3n) is 3.12. The molecular formula is C15H10ClFN2O. The Balaban J connectivity index is 1.98. The van der Waals surface area contributed by atoms with Crippen molar-refractivity contribution in [3.63, 3.8) is 0 Å². The minimum Gasteiger partial charge on any atom is -0.298 e. The Kier molecular flexibility index (Phi) is 3.24. The number of rotatable bonds is 3. The monoisotopic (exact) mass is 288 g/mol. The molecular weight excluding hydrogens is 279 g/mol. The second-order valence-electron chi connectivity index (χ2n) is 4.49. The van der Waals surface area contributed by atoms with Crippen LogP contribution in [0, 0.1) is 5.82 Å². The maximum absolute atomic E-state index is 13.4. The normalized spacial score (nSPS) is 10.9. The Morgan fingerprint density at radius 2 is 2.10 bits per heavy atom. The van der Waals surface area contributed by atoms with E-state index in [9.17, 15) is 9.18 Å². The van der Waals surface area contributed by atoms with Crippen molar-refractivity contribution < 1.29 is 9.18 Å². The average molecular weight is 289 g/mol. The number of fused-ring (bicyclic) bond motifs is 1. The van der Waals surface area contributed by atoms with Crippen LogP contribution in [-0.2, 0) is 6.54 Å². The fourth-order valence-corrected chi connectivity index (χ4v) is 2.23. The third kappa shape index (κ3) is 2.30. The molecule has 3 rings (SSSR count). The van der Waals surface area contributed by atoms with Gasteiger partial charge in [-0.3, -0.25) is 9.48 Å². The van der Waals surface area contributed by atoms with Crippen LogP contribution in [0.15, 0.2) is 42.6 Å². The van der Waals surface area contributed by atoms with E-state index in [1.807, 2.05) is 6.07 Å². The Bertz CT molecular complexity index is 798. The van der Waals surface area contributed by atoms with Gasteiger partial charge in [0.2, 0.25) is 0 Å². The smallest absolute Gasteiger partial charge is 0.150 e. The summed E-state index contributed by atoms with van der Waals surface area (Å²) >= 11 is 5.66. The summed E-state index contributed by atoms with van der Waals surface area (Å²) < 4.78 is 15.2. The highest BCUT2D eigenvalue weighted by atomic mass is 35.5. The molecule has 0 N–H and O–H groups in total. The van der Waals surface area contributed by atoms with Crippen LogP contribution in [0.3, 0.4) is 0 Å². The lowest BCUT2D eigenvalue weighted by molar-refractivity contribution is 0.112. The Morgan fingerprint density at radius 1 is 1.25 bits per heavy atom. The summed E-state index contributed by atoms with van der Waals surface area (Å²) in [5, 5.41) is 5.25. The lowest BCUT2D eigenvalue weighted by Gasteiger charge is -2.05. The van der Waals surface area contributed by atoms with Crippen molar-refractivity contribution in [1.82, 2.24) is 9.78 Å². The van der Waals surface area contributed by atoms with E-state index in [0.717, 1.165) is 22.8 Å². The van der Waals surface area contributed by atoms with Crippen molar-refractivity contribution in [2.24, 2.45) is 0 Å². The summed E-state index contributed by atoms with van der Waals surface area (Å²) in [6.45, 7) is 0.442. The van der Waals surface area contributed by atoms with Crippen LogP contribution in [-0.4, -0.2) is 16.1 Å². The minimum absolute atomic E-state index is 0.106. The van der Waals surface area contributed by atoms with Gasteiger partial charge in [-0.05, 0) is 35.9 Å². The maximum Gasteiger partial charge on any atom is 0.150 e. The first kappa shape index (κ1) is 12.8. The second kappa shape index (κ2) is 5.06. The van der Waals surface area contributed by atoms with E-state index in [0.29, 0.717) is 12.1 Å². The Hall–Kier alpha value is -2.20. The Labute approximate surface area is 119 Å². The van der Waals surface area contributed by atoms with Gasteiger partial charge in [0, 0.05) is 10.9 Å². The van der Waals surface area contributed by atoms with Crippen LogP contribution in [0.1, 0.15) is 15.9 Å². The van der Waals surface area contributed by atoms with Crippen molar-refractivity contribution in [2.75, 3.05) is 0 Å². The van der Waals surface area contributed by atoms with E-state index in [1.165, 1.54) is 12.1 Å². The van der Waals surface area contributed by atoms with Crippen molar-refractivity contribution in [2.45, 2.75) is 6.54 Å². The maximum atomic E-state index is 13.4. The van der Waals surface area contributed by atoms with Gasteiger partial charge in [-0.25, -0.2) is 4.39 Å². The average Bonchev–Trinajstić information content (AvgIpc) is 2.85. The fourth-order valence-electron chi connectivity index (χ4n) is 2.12. The molecule has 1 heterocycles. The number of benzene rings is 2. The molecule has 0 spiro atoms. The summed E-state index contributed by atoms with van der Waals surface area (Å²) in [6.07, 6.45) is 2.49. The molecule has 3 nitrogen and oxygen atoms in total. The summed E-state index contributed by atoms with van der Waals surface area (Å²) in [4.78, 5) is 10.7. The first-order valence-electron chi connectivity index (χ1n) is 6.02. The van der Waals surface area contributed by atoms with Gasteiger partial charge in [0.1, 0.15) is 12.1 Å². The molecule has 0 aliphatic carbocycles. The first-order chi connectivity index (χ1) is 9.67. The van der Waals surface area contributed by atoms with Gasteiger partial charge in [-0.15, -0.1) is 0 Å². The summed E-state index contributed by atoms with van der Waals surface area (Å²) in [5.41, 5.74) is 2.27. The molecule has 100 valence electrons. The zero-order chi connectivity index (χ0) is 14.1. The SMILES string of the molecule is O=Cc1ccc2c(cnn2Cc2ccc(Cl)c(F)c2)c1. The molecule has 5 heteroatoms. The van der Waals surface area contributed by atoms with Crippen LogP contribution in [0.2, 0.25) is 5.02 Å². The standard InChI is InChI=1S/C15H10ClFN2O/c16-13-3-1-10(6-14(13)17)8-19-15-4-2-11(9-20)5-12(15)7-18-19/h1-7,9H,8H2. The van der Waals surface area contributed by atoms with Crippen molar-refractivity contribution in [1.29, 1.82) is 0 Å². The molecule has 0 saturated carbocycles. The number of halogens is 2. The number of hydrogen-bond donors (Lipinski definition) is 0. The van der Waals surface area contributed by atoms with E-state index >= 15 is 0 Å². The van der Waals surface area contributed by atoms with E-state index in [1.54, 1.807) is 29.1 Å². The van der Waals surface area contributed by atoms with Gasteiger partial charge in [-0.1, -0.05) is 17.7 Å². The van der Waals surface area contributed by atoms with Gasteiger partial charge in [-0.2, -0.15) is 5.10 Å². The highest BCUT2D eigenvalue weighted by molar-refractivity contribution is 6.30. The molecule has 1 aromatic heterocycles. The molecule has 0 atom stereocenters. The molecule has 0 unspecified atom stereocenters. The van der Waals surface area contributed by atoms with E-state index < -0.39 is 5.82 Å². The number of aromatic nitrogens is 2. The zero-order valence-corrected chi connectivity index (χ0v) is 11.1. The molecule has 0 aliphatic heterocycles. The molecule has 0 amide bonds. The molecule has 3 aromatic rings. The molecule has 0 saturated heterocycles. The van der Waals surface area contributed by atoms with E-state index in [2.05, 4.69) is 5.10 Å². The molecule has 0 radical (unpaired) electrons. The van der Waals surface area contributed by atoms with Crippen molar-refractivity contribution in [3.8, 4) is 0 Å². The molecule has 0 aliphatic rings. The topological polar surface area (TPSA) is 34.9 Å². The summed E-state index contributed by atoms with van der Waals surface area (Å²) in [7, 11) is 0. The van der Waals surface area contributed by atoms with Crippen LogP contribution < -0.4 is 0 Å². The number of nitrogens with zero attached hydrogens (tertiary/aromatic N) is 2. The van der Waals surface area contributed by atoms with Crippen molar-refractivity contribution in [3.05, 3.63) is 64.6 Å². The highest BCUT2D eigenvalue weighted by Gasteiger charge is 2.06. The van der Waals surface area contributed by atoms with Crippen molar-refractivity contribution >= 4 is 28.8 Å². The highest BCUT2D eigenvalue weighted by Crippen LogP contribution is 2.19. The van der Waals surface area contributed by atoms with Gasteiger partial charge in [0.25, 0.3) is 0 Å². The lowest BCUT2D eigenvalue weighted by Crippen LogP contribution is -2.01. The lowest BCUT2D eigenvalue weighted by atomic mass is 10.2. The molecule has 0 bridgehead atoms. The first-order valence-corrected chi connectivity index (χ1v) is 6.40. The number of carbonyl (C=O) groups excluding carboxylic acids is 1.